The molecule has 1 rings (SSSR count). The number of hydrogen-bond acceptors (Lipinski definition) is 3. The molecule has 0 aliphatic rings. The van der Waals surface area contributed by atoms with Crippen molar-refractivity contribution in [2.24, 2.45) is 0 Å². The van der Waals surface area contributed by atoms with E-state index in [0.717, 1.165) is 0 Å². The fourth-order valence-electron chi connectivity index (χ4n) is 0.843. The zero-order valence-electron chi connectivity index (χ0n) is 7.28. The van der Waals surface area contributed by atoms with Gasteiger partial charge in [0.25, 0.3) is 0 Å². The van der Waals surface area contributed by atoms with E-state index in [-0.39, 0.29) is 6.04 Å². The normalized spacial score (nSPS) is 11.0. The van der Waals surface area contributed by atoms with E-state index >= 15 is 0 Å². The van der Waals surface area contributed by atoms with Crippen molar-refractivity contribution in [3.05, 3.63) is 23.9 Å². The molecule has 64 valence electrons. The van der Waals surface area contributed by atoms with Crippen molar-refractivity contribution in [1.82, 2.24) is 4.98 Å². The summed E-state index contributed by atoms with van der Waals surface area (Å²) in [6.07, 6.45) is 6.76. The van der Waals surface area contributed by atoms with Crippen LogP contribution in [0.3, 0.4) is 0 Å². The first-order valence-electron chi connectivity index (χ1n) is 3.85. The molecular formula is C10H9N3. The number of pyridine rings is 1. The molecule has 0 aromatic carbocycles. The summed E-state index contributed by atoms with van der Waals surface area (Å²) in [5.74, 6) is 3.15. The lowest BCUT2D eigenvalue weighted by molar-refractivity contribution is 1.01. The molecule has 1 heterocycles. The minimum atomic E-state index is -0.0820. The van der Waals surface area contributed by atoms with Crippen LogP contribution in [-0.2, 0) is 0 Å². The minimum Gasteiger partial charge on any atom is -0.357 e. The van der Waals surface area contributed by atoms with Gasteiger partial charge in [-0.3, -0.25) is 0 Å². The third-order valence-corrected chi connectivity index (χ3v) is 1.50. The zero-order chi connectivity index (χ0) is 9.68. The molecule has 1 atom stereocenters. The van der Waals surface area contributed by atoms with Gasteiger partial charge in [-0.05, 0) is 19.1 Å². The van der Waals surface area contributed by atoms with Gasteiger partial charge >= 0.3 is 0 Å². The lowest BCUT2D eigenvalue weighted by Crippen LogP contribution is -2.12. The van der Waals surface area contributed by atoms with Gasteiger partial charge in [0.05, 0.1) is 17.7 Å². The van der Waals surface area contributed by atoms with Crippen molar-refractivity contribution in [3.8, 4) is 18.4 Å². The van der Waals surface area contributed by atoms with Crippen LogP contribution in [0.25, 0.3) is 0 Å². The van der Waals surface area contributed by atoms with E-state index in [1.165, 1.54) is 0 Å². The molecule has 0 amide bonds. The molecule has 0 spiro atoms. The number of rotatable bonds is 2. The number of nitrogens with zero attached hydrogens (tertiary/aromatic N) is 2. The maximum absolute atomic E-state index is 8.61. The van der Waals surface area contributed by atoms with E-state index in [2.05, 4.69) is 16.2 Å². The Labute approximate surface area is 77.4 Å². The Morgan fingerprint density at radius 1 is 1.69 bits per heavy atom. The van der Waals surface area contributed by atoms with Gasteiger partial charge in [0.15, 0.2) is 0 Å². The fourth-order valence-corrected chi connectivity index (χ4v) is 0.843. The van der Waals surface area contributed by atoms with Gasteiger partial charge in [0.2, 0.25) is 0 Å². The van der Waals surface area contributed by atoms with Crippen molar-refractivity contribution in [2.45, 2.75) is 13.0 Å². The maximum atomic E-state index is 8.61. The summed E-state index contributed by atoms with van der Waals surface area (Å²) in [6.45, 7) is 1.85. The molecule has 3 nitrogen and oxygen atoms in total. The molecule has 13 heavy (non-hydrogen) atoms. The summed E-state index contributed by atoms with van der Waals surface area (Å²) in [5, 5.41) is 11.6. The molecule has 3 heteroatoms. The highest BCUT2D eigenvalue weighted by Crippen LogP contribution is 2.06. The Morgan fingerprint density at radius 3 is 3.08 bits per heavy atom. The average Bonchev–Trinajstić information content (AvgIpc) is 2.18. The van der Waals surface area contributed by atoms with Crippen LogP contribution < -0.4 is 5.32 Å². The smallest absolute Gasteiger partial charge is 0.128 e. The lowest BCUT2D eigenvalue weighted by atomic mass is 10.3. The SMILES string of the molecule is C#CC(C)Nc1cc(C#N)ccn1. The molecule has 1 unspecified atom stereocenters. The number of terminal acetylenes is 1. The molecule has 0 saturated heterocycles. The molecule has 0 radical (unpaired) electrons. The topological polar surface area (TPSA) is 48.7 Å². The lowest BCUT2D eigenvalue weighted by Gasteiger charge is -2.07. The summed E-state index contributed by atoms with van der Waals surface area (Å²) in [4.78, 5) is 4.02. The number of nitrogens with one attached hydrogen (secondary N) is 1. The molecule has 0 saturated carbocycles. The van der Waals surface area contributed by atoms with Crippen LogP contribution in [0.1, 0.15) is 12.5 Å². The Bertz CT molecular complexity index is 370. The van der Waals surface area contributed by atoms with Crippen molar-refractivity contribution in [3.63, 3.8) is 0 Å². The fraction of sp³-hybridized carbons (Fsp3) is 0.200. The minimum absolute atomic E-state index is 0.0820. The summed E-state index contributed by atoms with van der Waals surface area (Å²) in [6, 6.07) is 5.25. The first kappa shape index (κ1) is 9.09. The standard InChI is InChI=1S/C10H9N3/c1-3-8(2)13-10-6-9(7-11)4-5-12-10/h1,4-6,8H,2H3,(H,12,13). The molecule has 1 N–H and O–H groups in total. The van der Waals surface area contributed by atoms with Gasteiger partial charge in [-0.2, -0.15) is 5.26 Å². The predicted molar refractivity (Wildman–Crippen MR) is 50.9 cm³/mol. The number of hydrogen-bond donors (Lipinski definition) is 1. The molecular weight excluding hydrogens is 162 g/mol. The highest BCUT2D eigenvalue weighted by Gasteiger charge is 1.98. The van der Waals surface area contributed by atoms with Crippen molar-refractivity contribution < 1.29 is 0 Å². The van der Waals surface area contributed by atoms with E-state index in [1.807, 2.05) is 13.0 Å². The van der Waals surface area contributed by atoms with Gasteiger partial charge in [-0.15, -0.1) is 6.42 Å². The van der Waals surface area contributed by atoms with Crippen LogP contribution in [-0.4, -0.2) is 11.0 Å². The third kappa shape index (κ3) is 2.50. The van der Waals surface area contributed by atoms with Crippen molar-refractivity contribution >= 4 is 5.82 Å². The van der Waals surface area contributed by atoms with E-state index in [1.54, 1.807) is 18.3 Å². The van der Waals surface area contributed by atoms with Gasteiger partial charge in [-0.25, -0.2) is 4.98 Å². The van der Waals surface area contributed by atoms with Gasteiger partial charge in [0, 0.05) is 6.20 Å². The van der Waals surface area contributed by atoms with E-state index < -0.39 is 0 Å². The molecule has 1 aromatic heterocycles. The third-order valence-electron chi connectivity index (χ3n) is 1.50. The molecule has 0 aliphatic carbocycles. The average molecular weight is 171 g/mol. The van der Waals surface area contributed by atoms with Crippen LogP contribution in [0.4, 0.5) is 5.82 Å². The molecule has 0 fully saturated rings. The van der Waals surface area contributed by atoms with Crippen molar-refractivity contribution in [1.29, 1.82) is 5.26 Å². The van der Waals surface area contributed by atoms with E-state index in [9.17, 15) is 0 Å². The summed E-state index contributed by atoms with van der Waals surface area (Å²) < 4.78 is 0. The Balaban J connectivity index is 2.80. The van der Waals surface area contributed by atoms with Crippen LogP contribution in [0.2, 0.25) is 0 Å². The Hall–Kier alpha value is -2.00. The highest BCUT2D eigenvalue weighted by atomic mass is 15.0. The van der Waals surface area contributed by atoms with Gasteiger partial charge < -0.3 is 5.32 Å². The van der Waals surface area contributed by atoms with E-state index in [0.29, 0.717) is 11.4 Å². The van der Waals surface area contributed by atoms with Crippen molar-refractivity contribution in [2.75, 3.05) is 5.32 Å². The number of nitriles is 1. The van der Waals surface area contributed by atoms with Gasteiger partial charge in [-0.1, -0.05) is 5.92 Å². The largest absolute Gasteiger partial charge is 0.357 e. The quantitative estimate of drug-likeness (QED) is 0.684. The second kappa shape index (κ2) is 4.13. The summed E-state index contributed by atoms with van der Waals surface area (Å²) >= 11 is 0. The van der Waals surface area contributed by atoms with Crippen LogP contribution in [0.15, 0.2) is 18.3 Å². The Kier molecular flexibility index (Phi) is 2.89. The number of anilines is 1. The number of aromatic nitrogens is 1. The molecule has 0 bridgehead atoms. The first-order chi connectivity index (χ1) is 6.26. The predicted octanol–water partition coefficient (Wildman–Crippen LogP) is 1.39. The molecule has 0 aliphatic heterocycles. The second-order valence-corrected chi connectivity index (χ2v) is 2.57. The zero-order valence-corrected chi connectivity index (χ0v) is 7.28. The van der Waals surface area contributed by atoms with Crippen LogP contribution in [0, 0.1) is 23.7 Å². The monoisotopic (exact) mass is 171 g/mol. The van der Waals surface area contributed by atoms with Crippen LogP contribution in [0.5, 0.6) is 0 Å². The first-order valence-corrected chi connectivity index (χ1v) is 3.85. The summed E-state index contributed by atoms with van der Waals surface area (Å²) in [5.41, 5.74) is 0.571. The highest BCUT2D eigenvalue weighted by molar-refractivity contribution is 5.43. The summed E-state index contributed by atoms with van der Waals surface area (Å²) in [7, 11) is 0. The Morgan fingerprint density at radius 2 is 2.46 bits per heavy atom. The van der Waals surface area contributed by atoms with Crippen LogP contribution >= 0.6 is 0 Å². The second-order valence-electron chi connectivity index (χ2n) is 2.57. The maximum Gasteiger partial charge on any atom is 0.128 e. The van der Waals surface area contributed by atoms with E-state index in [4.69, 9.17) is 11.7 Å². The van der Waals surface area contributed by atoms with Gasteiger partial charge in [0.1, 0.15) is 5.82 Å². The molecule has 1 aromatic rings.